The zero-order valence-electron chi connectivity index (χ0n) is 7.85. The Bertz CT molecular complexity index is 89.3. The first-order valence-corrected chi connectivity index (χ1v) is 3.86. The highest BCUT2D eigenvalue weighted by atomic mass is 16.7. The quantitative estimate of drug-likeness (QED) is 0.436. The second-order valence-corrected chi connectivity index (χ2v) is 2.59. The van der Waals surface area contributed by atoms with E-state index >= 15 is 0 Å². The zero-order valence-corrected chi connectivity index (χ0v) is 7.85. The van der Waals surface area contributed by atoms with Crippen molar-refractivity contribution in [2.75, 3.05) is 27.4 Å². The molecule has 0 spiro atoms. The van der Waals surface area contributed by atoms with Crippen molar-refractivity contribution in [2.45, 2.75) is 26.1 Å². The minimum absolute atomic E-state index is 0.480. The van der Waals surface area contributed by atoms with E-state index < -0.39 is 5.79 Å². The molecule has 0 aromatic heterocycles. The largest absolute Gasteiger partial charge is 0.376 e. The van der Waals surface area contributed by atoms with E-state index in [0.29, 0.717) is 6.61 Å². The maximum absolute atomic E-state index is 5.28. The standard InChI is InChI=1S/C8H18O3/c1-5-6-11-7-8(2,9-3)10-4/h5-7H2,1-4H3. The summed E-state index contributed by atoms with van der Waals surface area (Å²) in [6.07, 6.45) is 1.02. The minimum Gasteiger partial charge on any atom is -0.376 e. The van der Waals surface area contributed by atoms with Crippen molar-refractivity contribution in [2.24, 2.45) is 0 Å². The topological polar surface area (TPSA) is 27.7 Å². The summed E-state index contributed by atoms with van der Waals surface area (Å²) in [7, 11) is 3.22. The number of methoxy groups -OCH3 is 2. The van der Waals surface area contributed by atoms with Crippen molar-refractivity contribution >= 4 is 0 Å². The Morgan fingerprint density at radius 2 is 1.73 bits per heavy atom. The number of hydrogen-bond acceptors (Lipinski definition) is 3. The third kappa shape index (κ3) is 4.35. The third-order valence-electron chi connectivity index (χ3n) is 1.58. The molecule has 0 heterocycles. The van der Waals surface area contributed by atoms with Crippen molar-refractivity contribution in [1.29, 1.82) is 0 Å². The van der Waals surface area contributed by atoms with Crippen LogP contribution in [0.5, 0.6) is 0 Å². The van der Waals surface area contributed by atoms with Crippen molar-refractivity contribution in [3.05, 3.63) is 0 Å². The average molecular weight is 162 g/mol. The van der Waals surface area contributed by atoms with Gasteiger partial charge >= 0.3 is 0 Å². The molecule has 0 aliphatic heterocycles. The molecule has 0 aromatic carbocycles. The molecule has 0 aliphatic carbocycles. The van der Waals surface area contributed by atoms with Gasteiger partial charge in [-0.2, -0.15) is 0 Å². The van der Waals surface area contributed by atoms with Gasteiger partial charge in [-0.05, 0) is 13.3 Å². The molecule has 3 heteroatoms. The predicted molar refractivity (Wildman–Crippen MR) is 43.5 cm³/mol. The van der Waals surface area contributed by atoms with Gasteiger partial charge in [0.2, 0.25) is 0 Å². The van der Waals surface area contributed by atoms with Crippen LogP contribution < -0.4 is 0 Å². The highest BCUT2D eigenvalue weighted by Crippen LogP contribution is 2.09. The van der Waals surface area contributed by atoms with Crippen molar-refractivity contribution in [3.63, 3.8) is 0 Å². The molecule has 0 rings (SSSR count). The molecule has 0 saturated carbocycles. The zero-order chi connectivity index (χ0) is 8.74. The van der Waals surface area contributed by atoms with Crippen LogP contribution in [-0.4, -0.2) is 33.2 Å². The van der Waals surface area contributed by atoms with Crippen LogP contribution in [0.15, 0.2) is 0 Å². The third-order valence-corrected chi connectivity index (χ3v) is 1.58. The van der Waals surface area contributed by atoms with Crippen LogP contribution in [0.25, 0.3) is 0 Å². The Hall–Kier alpha value is -0.120. The molecule has 68 valence electrons. The predicted octanol–water partition coefficient (Wildman–Crippen LogP) is 1.42. The van der Waals surface area contributed by atoms with E-state index in [1.165, 1.54) is 0 Å². The molecule has 0 aromatic rings. The Kier molecular flexibility index (Phi) is 5.46. The van der Waals surface area contributed by atoms with Gasteiger partial charge in [0.1, 0.15) is 6.61 Å². The van der Waals surface area contributed by atoms with Crippen LogP contribution >= 0.6 is 0 Å². The summed E-state index contributed by atoms with van der Waals surface area (Å²) in [6, 6.07) is 0. The molecular formula is C8H18O3. The fraction of sp³-hybridized carbons (Fsp3) is 1.00. The van der Waals surface area contributed by atoms with Crippen LogP contribution in [0, 0.1) is 0 Å². The summed E-state index contributed by atoms with van der Waals surface area (Å²) in [5, 5.41) is 0. The number of hydrogen-bond donors (Lipinski definition) is 0. The van der Waals surface area contributed by atoms with Crippen LogP contribution in [-0.2, 0) is 14.2 Å². The molecule has 0 amide bonds. The number of ether oxygens (including phenoxy) is 3. The molecule has 0 aliphatic rings. The molecule has 0 unspecified atom stereocenters. The van der Waals surface area contributed by atoms with Crippen LogP contribution in [0.2, 0.25) is 0 Å². The van der Waals surface area contributed by atoms with Gasteiger partial charge < -0.3 is 14.2 Å². The Balaban J connectivity index is 3.51. The fourth-order valence-corrected chi connectivity index (χ4v) is 0.603. The lowest BCUT2D eigenvalue weighted by Crippen LogP contribution is -2.35. The molecule has 0 fully saturated rings. The first kappa shape index (κ1) is 10.9. The van der Waals surface area contributed by atoms with Crippen molar-refractivity contribution in [1.82, 2.24) is 0 Å². The Labute approximate surface area is 68.6 Å². The van der Waals surface area contributed by atoms with Crippen LogP contribution in [0.1, 0.15) is 20.3 Å². The van der Waals surface area contributed by atoms with E-state index in [1.54, 1.807) is 14.2 Å². The van der Waals surface area contributed by atoms with E-state index in [0.717, 1.165) is 13.0 Å². The van der Waals surface area contributed by atoms with Gasteiger partial charge in [0.25, 0.3) is 0 Å². The molecule has 11 heavy (non-hydrogen) atoms. The highest BCUT2D eigenvalue weighted by Gasteiger charge is 2.22. The van der Waals surface area contributed by atoms with Crippen LogP contribution in [0.3, 0.4) is 0 Å². The van der Waals surface area contributed by atoms with Gasteiger partial charge in [0.15, 0.2) is 5.79 Å². The summed E-state index contributed by atoms with van der Waals surface area (Å²) < 4.78 is 15.5. The van der Waals surface area contributed by atoms with Crippen LogP contribution in [0.4, 0.5) is 0 Å². The van der Waals surface area contributed by atoms with Gasteiger partial charge in [0, 0.05) is 20.8 Å². The van der Waals surface area contributed by atoms with Crippen molar-refractivity contribution < 1.29 is 14.2 Å². The molecule has 3 nitrogen and oxygen atoms in total. The summed E-state index contributed by atoms with van der Waals surface area (Å²) >= 11 is 0. The summed E-state index contributed by atoms with van der Waals surface area (Å²) in [6.45, 7) is 5.15. The molecule has 0 N–H and O–H groups in total. The maximum atomic E-state index is 5.28. The highest BCUT2D eigenvalue weighted by molar-refractivity contribution is 4.58. The Morgan fingerprint density at radius 3 is 2.09 bits per heavy atom. The van der Waals surface area contributed by atoms with E-state index in [2.05, 4.69) is 6.92 Å². The van der Waals surface area contributed by atoms with Crippen molar-refractivity contribution in [3.8, 4) is 0 Å². The second-order valence-electron chi connectivity index (χ2n) is 2.59. The van der Waals surface area contributed by atoms with E-state index in [1.807, 2.05) is 6.92 Å². The maximum Gasteiger partial charge on any atom is 0.188 e. The second kappa shape index (κ2) is 5.52. The van der Waals surface area contributed by atoms with Gasteiger partial charge in [-0.1, -0.05) is 6.92 Å². The van der Waals surface area contributed by atoms with E-state index in [-0.39, 0.29) is 0 Å². The molecular weight excluding hydrogens is 144 g/mol. The van der Waals surface area contributed by atoms with Gasteiger partial charge in [-0.25, -0.2) is 0 Å². The fourth-order valence-electron chi connectivity index (χ4n) is 0.603. The summed E-state index contributed by atoms with van der Waals surface area (Å²) in [5.41, 5.74) is 0. The average Bonchev–Trinajstić information content (AvgIpc) is 2.05. The SMILES string of the molecule is CCCOCC(C)(OC)OC. The normalized spacial score (nSPS) is 12.0. The summed E-state index contributed by atoms with van der Waals surface area (Å²) in [5.74, 6) is -0.588. The van der Waals surface area contributed by atoms with Gasteiger partial charge in [-0.15, -0.1) is 0 Å². The lowest BCUT2D eigenvalue weighted by atomic mass is 10.3. The Morgan fingerprint density at radius 1 is 1.18 bits per heavy atom. The molecule has 0 saturated heterocycles. The first-order valence-electron chi connectivity index (χ1n) is 3.86. The number of rotatable bonds is 6. The van der Waals surface area contributed by atoms with E-state index in [9.17, 15) is 0 Å². The van der Waals surface area contributed by atoms with Gasteiger partial charge in [0.05, 0.1) is 0 Å². The summed E-state index contributed by atoms with van der Waals surface area (Å²) in [4.78, 5) is 0. The lowest BCUT2D eigenvalue weighted by molar-refractivity contribution is -0.222. The monoisotopic (exact) mass is 162 g/mol. The van der Waals surface area contributed by atoms with Gasteiger partial charge in [-0.3, -0.25) is 0 Å². The minimum atomic E-state index is -0.588. The molecule has 0 bridgehead atoms. The molecule has 0 radical (unpaired) electrons. The van der Waals surface area contributed by atoms with E-state index in [4.69, 9.17) is 14.2 Å². The lowest BCUT2D eigenvalue weighted by Gasteiger charge is -2.25. The smallest absolute Gasteiger partial charge is 0.188 e. The molecule has 0 atom stereocenters. The first-order chi connectivity index (χ1) is 5.18.